The summed E-state index contributed by atoms with van der Waals surface area (Å²) in [4.78, 5) is 0. The summed E-state index contributed by atoms with van der Waals surface area (Å²) in [6.07, 6.45) is 4.06. The molecule has 1 aromatic heterocycles. The summed E-state index contributed by atoms with van der Waals surface area (Å²) in [6, 6.07) is 0. The molecule has 1 aromatic rings. The highest BCUT2D eigenvalue weighted by Gasteiger charge is 2.13. The van der Waals surface area contributed by atoms with Crippen molar-refractivity contribution in [2.45, 2.75) is 52.7 Å². The van der Waals surface area contributed by atoms with Crippen LogP contribution in [0.2, 0.25) is 0 Å². The van der Waals surface area contributed by atoms with E-state index in [0.717, 1.165) is 31.5 Å². The van der Waals surface area contributed by atoms with E-state index in [2.05, 4.69) is 31.1 Å². The highest BCUT2D eigenvalue weighted by atomic mass is 16.3. The predicted molar refractivity (Wildman–Crippen MR) is 59.3 cm³/mol. The Bertz CT molecular complexity index is 283. The number of aliphatic hydroxyl groups excluding tert-OH is 1. The maximum absolute atomic E-state index is 9.96. The number of aromatic nitrogens is 3. The van der Waals surface area contributed by atoms with Crippen LogP contribution in [0.3, 0.4) is 0 Å². The molecule has 1 rings (SSSR count). The van der Waals surface area contributed by atoms with Crippen molar-refractivity contribution in [2.75, 3.05) is 0 Å². The van der Waals surface area contributed by atoms with Crippen LogP contribution in [-0.2, 0) is 6.54 Å². The molecule has 1 unspecified atom stereocenters. The van der Waals surface area contributed by atoms with Gasteiger partial charge >= 0.3 is 0 Å². The highest BCUT2D eigenvalue weighted by molar-refractivity contribution is 4.98. The molecule has 15 heavy (non-hydrogen) atoms. The Morgan fingerprint density at radius 1 is 1.40 bits per heavy atom. The molecule has 0 aliphatic rings. The molecule has 0 aliphatic carbocycles. The number of rotatable bonds is 6. The lowest BCUT2D eigenvalue weighted by molar-refractivity contribution is 0.148. The second kappa shape index (κ2) is 5.85. The zero-order valence-electron chi connectivity index (χ0n) is 9.85. The zero-order chi connectivity index (χ0) is 11.3. The van der Waals surface area contributed by atoms with Crippen molar-refractivity contribution in [1.82, 2.24) is 15.0 Å². The summed E-state index contributed by atoms with van der Waals surface area (Å²) in [5.74, 6) is 0.621. The van der Waals surface area contributed by atoms with Gasteiger partial charge in [-0.15, -0.1) is 5.10 Å². The average Bonchev–Trinajstić information content (AvgIpc) is 2.63. The van der Waals surface area contributed by atoms with Gasteiger partial charge in [0, 0.05) is 6.54 Å². The summed E-state index contributed by atoms with van der Waals surface area (Å²) in [5.41, 5.74) is 0.845. The highest BCUT2D eigenvalue weighted by Crippen LogP contribution is 2.19. The minimum absolute atomic E-state index is 0.422. The molecule has 4 nitrogen and oxygen atoms in total. The molecule has 0 saturated carbocycles. The summed E-state index contributed by atoms with van der Waals surface area (Å²) in [6.45, 7) is 7.24. The molecule has 0 aromatic carbocycles. The van der Waals surface area contributed by atoms with Gasteiger partial charge in [-0.2, -0.15) is 0 Å². The molecule has 0 radical (unpaired) electrons. The predicted octanol–water partition coefficient (Wildman–Crippen LogP) is 2.16. The Labute approximate surface area is 91.3 Å². The SMILES string of the molecule is CCCn1nncc1C(O)CCC(C)C. The standard InChI is InChI=1S/C11H21N3O/c1-4-7-14-10(8-12-13-14)11(15)6-5-9(2)3/h8-9,11,15H,4-7H2,1-3H3. The van der Waals surface area contributed by atoms with Crippen molar-refractivity contribution in [3.63, 3.8) is 0 Å². The number of aryl methyl sites for hydroxylation is 1. The lowest BCUT2D eigenvalue weighted by Gasteiger charge is -2.12. The molecule has 0 saturated heterocycles. The second-order valence-corrected chi connectivity index (χ2v) is 4.37. The zero-order valence-corrected chi connectivity index (χ0v) is 9.85. The van der Waals surface area contributed by atoms with E-state index in [1.54, 1.807) is 10.9 Å². The van der Waals surface area contributed by atoms with Crippen LogP contribution in [0.25, 0.3) is 0 Å². The normalized spacial score (nSPS) is 13.4. The monoisotopic (exact) mass is 211 g/mol. The Hall–Kier alpha value is -0.900. The van der Waals surface area contributed by atoms with E-state index in [1.807, 2.05) is 0 Å². The van der Waals surface area contributed by atoms with Crippen LogP contribution in [0, 0.1) is 5.92 Å². The van der Waals surface area contributed by atoms with Crippen molar-refractivity contribution in [1.29, 1.82) is 0 Å². The van der Waals surface area contributed by atoms with Crippen LogP contribution in [-0.4, -0.2) is 20.1 Å². The number of nitrogens with zero attached hydrogens (tertiary/aromatic N) is 3. The molecule has 86 valence electrons. The second-order valence-electron chi connectivity index (χ2n) is 4.37. The molecule has 0 aliphatic heterocycles. The van der Waals surface area contributed by atoms with Gasteiger partial charge < -0.3 is 5.11 Å². The molecule has 1 heterocycles. The van der Waals surface area contributed by atoms with Gasteiger partial charge in [-0.05, 0) is 25.2 Å². The van der Waals surface area contributed by atoms with E-state index in [9.17, 15) is 5.11 Å². The van der Waals surface area contributed by atoms with Gasteiger partial charge in [-0.3, -0.25) is 0 Å². The van der Waals surface area contributed by atoms with E-state index in [-0.39, 0.29) is 0 Å². The molecule has 1 atom stereocenters. The largest absolute Gasteiger partial charge is 0.387 e. The minimum atomic E-state index is -0.422. The third-order valence-corrected chi connectivity index (χ3v) is 2.44. The molecular weight excluding hydrogens is 190 g/mol. The number of hydrogen-bond acceptors (Lipinski definition) is 3. The van der Waals surface area contributed by atoms with Gasteiger partial charge in [0.05, 0.1) is 18.0 Å². The van der Waals surface area contributed by atoms with Crippen molar-refractivity contribution in [3.8, 4) is 0 Å². The first-order chi connectivity index (χ1) is 7.15. The minimum Gasteiger partial charge on any atom is -0.387 e. The van der Waals surface area contributed by atoms with Crippen LogP contribution in [0.15, 0.2) is 6.20 Å². The maximum atomic E-state index is 9.96. The van der Waals surface area contributed by atoms with Crippen molar-refractivity contribution >= 4 is 0 Å². The maximum Gasteiger partial charge on any atom is 0.0973 e. The molecular formula is C11H21N3O. The first-order valence-electron chi connectivity index (χ1n) is 5.71. The first kappa shape index (κ1) is 12.2. The van der Waals surface area contributed by atoms with Crippen molar-refractivity contribution in [3.05, 3.63) is 11.9 Å². The number of hydrogen-bond donors (Lipinski definition) is 1. The first-order valence-corrected chi connectivity index (χ1v) is 5.71. The summed E-state index contributed by atoms with van der Waals surface area (Å²) in [5, 5.41) is 17.8. The fraction of sp³-hybridized carbons (Fsp3) is 0.818. The van der Waals surface area contributed by atoms with Gasteiger partial charge in [0.1, 0.15) is 0 Å². The lowest BCUT2D eigenvalue weighted by atomic mass is 10.0. The Morgan fingerprint density at radius 2 is 2.13 bits per heavy atom. The Morgan fingerprint density at radius 3 is 2.73 bits per heavy atom. The van der Waals surface area contributed by atoms with Crippen LogP contribution < -0.4 is 0 Å². The van der Waals surface area contributed by atoms with Crippen LogP contribution in [0.5, 0.6) is 0 Å². The third-order valence-electron chi connectivity index (χ3n) is 2.44. The third kappa shape index (κ3) is 3.63. The van der Waals surface area contributed by atoms with Crippen LogP contribution in [0.4, 0.5) is 0 Å². The molecule has 1 N–H and O–H groups in total. The van der Waals surface area contributed by atoms with Gasteiger partial charge in [-0.25, -0.2) is 4.68 Å². The van der Waals surface area contributed by atoms with E-state index in [4.69, 9.17) is 0 Å². The fourth-order valence-corrected chi connectivity index (χ4v) is 1.55. The summed E-state index contributed by atoms with van der Waals surface area (Å²) >= 11 is 0. The van der Waals surface area contributed by atoms with Crippen LogP contribution >= 0.6 is 0 Å². The van der Waals surface area contributed by atoms with Gasteiger partial charge in [-0.1, -0.05) is 26.0 Å². The molecule has 0 spiro atoms. The lowest BCUT2D eigenvalue weighted by Crippen LogP contribution is -2.09. The topological polar surface area (TPSA) is 50.9 Å². The van der Waals surface area contributed by atoms with E-state index >= 15 is 0 Å². The quantitative estimate of drug-likeness (QED) is 0.784. The molecule has 0 bridgehead atoms. The van der Waals surface area contributed by atoms with Gasteiger partial charge in [0.2, 0.25) is 0 Å². The fourth-order valence-electron chi connectivity index (χ4n) is 1.55. The van der Waals surface area contributed by atoms with Gasteiger partial charge in [0.15, 0.2) is 0 Å². The van der Waals surface area contributed by atoms with E-state index in [1.165, 1.54) is 0 Å². The van der Waals surface area contributed by atoms with E-state index < -0.39 is 6.10 Å². The average molecular weight is 211 g/mol. The molecule has 0 amide bonds. The van der Waals surface area contributed by atoms with E-state index in [0.29, 0.717) is 5.92 Å². The smallest absolute Gasteiger partial charge is 0.0973 e. The van der Waals surface area contributed by atoms with Crippen molar-refractivity contribution < 1.29 is 5.11 Å². The Kier molecular flexibility index (Phi) is 4.75. The molecule has 0 fully saturated rings. The van der Waals surface area contributed by atoms with Gasteiger partial charge in [0.25, 0.3) is 0 Å². The number of aliphatic hydroxyl groups is 1. The Balaban J connectivity index is 2.56. The van der Waals surface area contributed by atoms with Crippen LogP contribution in [0.1, 0.15) is 51.8 Å². The van der Waals surface area contributed by atoms with Crippen molar-refractivity contribution in [2.24, 2.45) is 5.92 Å². The summed E-state index contributed by atoms with van der Waals surface area (Å²) < 4.78 is 1.80. The summed E-state index contributed by atoms with van der Waals surface area (Å²) in [7, 11) is 0. The molecule has 4 heteroatoms.